The van der Waals surface area contributed by atoms with E-state index in [1.165, 1.54) is 12.4 Å². The van der Waals surface area contributed by atoms with Crippen molar-refractivity contribution in [1.82, 2.24) is 14.9 Å². The lowest BCUT2D eigenvalue weighted by Crippen LogP contribution is -2.42. The first-order valence-electron chi connectivity index (χ1n) is 9.74. The Balaban J connectivity index is 2.07. The molecule has 0 fully saturated rings. The summed E-state index contributed by atoms with van der Waals surface area (Å²) >= 11 is 5.89. The first-order valence-corrected chi connectivity index (χ1v) is 10.1. The number of rotatable bonds is 8. The molecule has 1 aromatic heterocycles. The number of fused-ring (bicyclic) bond motifs is 1. The van der Waals surface area contributed by atoms with E-state index >= 15 is 0 Å². The Hall–Kier alpha value is -2.97. The van der Waals surface area contributed by atoms with E-state index < -0.39 is 17.8 Å². The SMILES string of the molecule is COc1cc2ncnc(Nc3cccc(Cl)c3F)c2cc1CN(C(C)C)C(C)C(=O)O. The van der Waals surface area contributed by atoms with Crippen LogP contribution in [-0.2, 0) is 11.3 Å². The van der Waals surface area contributed by atoms with Gasteiger partial charge in [-0.25, -0.2) is 14.4 Å². The lowest BCUT2D eigenvalue weighted by atomic mass is 10.1. The summed E-state index contributed by atoms with van der Waals surface area (Å²) in [5.74, 6) is -0.506. The number of nitrogens with zero attached hydrogens (tertiary/aromatic N) is 3. The number of anilines is 2. The maximum Gasteiger partial charge on any atom is 0.320 e. The fourth-order valence-corrected chi connectivity index (χ4v) is 3.55. The minimum Gasteiger partial charge on any atom is -0.496 e. The van der Waals surface area contributed by atoms with E-state index in [1.54, 1.807) is 32.2 Å². The summed E-state index contributed by atoms with van der Waals surface area (Å²) in [4.78, 5) is 22.0. The number of hydrogen-bond donors (Lipinski definition) is 2. The molecule has 0 amide bonds. The van der Waals surface area contributed by atoms with Gasteiger partial charge in [-0.2, -0.15) is 0 Å². The zero-order valence-corrected chi connectivity index (χ0v) is 18.4. The second-order valence-corrected chi connectivity index (χ2v) is 7.82. The van der Waals surface area contributed by atoms with Crippen molar-refractivity contribution in [2.45, 2.75) is 39.4 Å². The number of methoxy groups -OCH3 is 1. The fourth-order valence-electron chi connectivity index (χ4n) is 3.38. The smallest absolute Gasteiger partial charge is 0.320 e. The molecule has 0 radical (unpaired) electrons. The van der Waals surface area contributed by atoms with Gasteiger partial charge in [0.15, 0.2) is 5.82 Å². The molecular weight excluding hydrogens is 423 g/mol. The molecule has 3 rings (SSSR count). The third kappa shape index (κ3) is 4.86. The van der Waals surface area contributed by atoms with Crippen LogP contribution in [0.1, 0.15) is 26.3 Å². The minimum absolute atomic E-state index is 0.000883. The number of carbonyl (C=O) groups is 1. The van der Waals surface area contributed by atoms with E-state index in [2.05, 4.69) is 15.3 Å². The molecule has 0 saturated carbocycles. The van der Waals surface area contributed by atoms with Gasteiger partial charge >= 0.3 is 5.97 Å². The van der Waals surface area contributed by atoms with Crippen LogP contribution in [-0.4, -0.2) is 45.1 Å². The van der Waals surface area contributed by atoms with E-state index in [4.69, 9.17) is 16.3 Å². The van der Waals surface area contributed by atoms with Gasteiger partial charge in [-0.1, -0.05) is 17.7 Å². The van der Waals surface area contributed by atoms with Gasteiger partial charge in [0.1, 0.15) is 23.9 Å². The van der Waals surface area contributed by atoms with Crippen LogP contribution in [0.4, 0.5) is 15.9 Å². The maximum absolute atomic E-state index is 14.4. The fraction of sp³-hybridized carbons (Fsp3) is 0.318. The molecule has 7 nitrogen and oxygen atoms in total. The second-order valence-electron chi connectivity index (χ2n) is 7.41. The molecule has 1 atom stereocenters. The van der Waals surface area contributed by atoms with Crippen molar-refractivity contribution in [2.24, 2.45) is 0 Å². The van der Waals surface area contributed by atoms with Crippen LogP contribution in [0.25, 0.3) is 10.9 Å². The van der Waals surface area contributed by atoms with Crippen molar-refractivity contribution in [3.8, 4) is 5.75 Å². The van der Waals surface area contributed by atoms with Crippen LogP contribution in [0.3, 0.4) is 0 Å². The molecule has 0 bridgehead atoms. The number of aromatic nitrogens is 2. The Labute approximate surface area is 184 Å². The number of carboxylic acid groups (broad SMARTS) is 1. The zero-order chi connectivity index (χ0) is 22.7. The van der Waals surface area contributed by atoms with Crippen molar-refractivity contribution >= 4 is 40.0 Å². The number of benzene rings is 2. The number of ether oxygens (including phenoxy) is 1. The minimum atomic E-state index is -0.907. The van der Waals surface area contributed by atoms with Crippen LogP contribution < -0.4 is 10.1 Å². The molecule has 31 heavy (non-hydrogen) atoms. The summed E-state index contributed by atoms with van der Waals surface area (Å²) in [5.41, 5.74) is 1.55. The summed E-state index contributed by atoms with van der Waals surface area (Å²) < 4.78 is 19.9. The third-order valence-corrected chi connectivity index (χ3v) is 5.41. The standard InChI is InChI=1S/C22H24ClFN4O3/c1-12(2)28(13(3)22(29)30)10-14-8-15-18(9-19(14)31-4)25-11-26-21(15)27-17-7-5-6-16(23)20(17)24/h5-9,11-13H,10H2,1-4H3,(H,29,30)(H,25,26,27). The third-order valence-electron chi connectivity index (χ3n) is 5.11. The highest BCUT2D eigenvalue weighted by atomic mass is 35.5. The summed E-state index contributed by atoms with van der Waals surface area (Å²) in [5, 5.41) is 13.1. The Morgan fingerprint density at radius 2 is 2.03 bits per heavy atom. The lowest BCUT2D eigenvalue weighted by molar-refractivity contribution is -0.143. The molecule has 0 aliphatic heterocycles. The normalized spacial score (nSPS) is 12.4. The lowest BCUT2D eigenvalue weighted by Gasteiger charge is -2.30. The maximum atomic E-state index is 14.4. The molecule has 3 aromatic rings. The Morgan fingerprint density at radius 1 is 1.29 bits per heavy atom. The van der Waals surface area contributed by atoms with Crippen molar-refractivity contribution in [3.63, 3.8) is 0 Å². The molecule has 0 saturated heterocycles. The number of halogens is 2. The monoisotopic (exact) mass is 446 g/mol. The number of aliphatic carboxylic acids is 1. The topological polar surface area (TPSA) is 87.6 Å². The first-order chi connectivity index (χ1) is 14.7. The molecule has 2 aromatic carbocycles. The van der Waals surface area contributed by atoms with Gasteiger partial charge in [-0.3, -0.25) is 9.69 Å². The van der Waals surface area contributed by atoms with Crippen molar-refractivity contribution in [3.05, 3.63) is 53.1 Å². The van der Waals surface area contributed by atoms with Crippen molar-refractivity contribution < 1.29 is 19.0 Å². The predicted octanol–water partition coefficient (Wildman–Crippen LogP) is 4.86. The summed E-state index contributed by atoms with van der Waals surface area (Å²) in [6, 6.07) is 7.56. The highest BCUT2D eigenvalue weighted by Gasteiger charge is 2.25. The molecule has 0 aliphatic rings. The average Bonchev–Trinajstić information content (AvgIpc) is 2.74. The van der Waals surface area contributed by atoms with E-state index in [-0.39, 0.29) is 16.8 Å². The zero-order valence-electron chi connectivity index (χ0n) is 17.7. The van der Waals surface area contributed by atoms with E-state index in [0.717, 1.165) is 5.56 Å². The van der Waals surface area contributed by atoms with Crippen molar-refractivity contribution in [1.29, 1.82) is 0 Å². The molecule has 1 unspecified atom stereocenters. The average molecular weight is 447 g/mol. The van der Waals surface area contributed by atoms with Gasteiger partial charge in [0.2, 0.25) is 0 Å². The van der Waals surface area contributed by atoms with Crippen LogP contribution in [0.5, 0.6) is 5.75 Å². The van der Waals surface area contributed by atoms with E-state index in [1.807, 2.05) is 24.8 Å². The number of carboxylic acids is 1. The van der Waals surface area contributed by atoms with Gasteiger partial charge in [0, 0.05) is 29.6 Å². The highest BCUT2D eigenvalue weighted by molar-refractivity contribution is 6.31. The molecule has 0 aliphatic carbocycles. The summed E-state index contributed by atoms with van der Waals surface area (Å²) in [6.45, 7) is 5.86. The Morgan fingerprint density at radius 3 is 2.68 bits per heavy atom. The Kier molecular flexibility index (Phi) is 6.92. The van der Waals surface area contributed by atoms with Gasteiger partial charge in [-0.15, -0.1) is 0 Å². The van der Waals surface area contributed by atoms with Crippen LogP contribution >= 0.6 is 11.6 Å². The Bertz CT molecular complexity index is 1110. The van der Waals surface area contributed by atoms with Gasteiger partial charge in [-0.05, 0) is 39.0 Å². The molecule has 2 N–H and O–H groups in total. The van der Waals surface area contributed by atoms with Crippen molar-refractivity contribution in [2.75, 3.05) is 12.4 Å². The number of nitrogens with one attached hydrogen (secondary N) is 1. The molecular formula is C22H24ClFN4O3. The molecule has 0 spiro atoms. The van der Waals surface area contributed by atoms with Gasteiger partial charge in [0.25, 0.3) is 0 Å². The van der Waals surface area contributed by atoms with Crippen LogP contribution in [0, 0.1) is 5.82 Å². The quantitative estimate of drug-likeness (QED) is 0.511. The van der Waals surface area contributed by atoms with Crippen LogP contribution in [0.2, 0.25) is 5.02 Å². The number of hydrogen-bond acceptors (Lipinski definition) is 6. The predicted molar refractivity (Wildman–Crippen MR) is 119 cm³/mol. The highest BCUT2D eigenvalue weighted by Crippen LogP contribution is 2.32. The van der Waals surface area contributed by atoms with E-state index in [9.17, 15) is 14.3 Å². The molecule has 164 valence electrons. The van der Waals surface area contributed by atoms with Crippen LogP contribution in [0.15, 0.2) is 36.7 Å². The first kappa shape index (κ1) is 22.7. The summed E-state index contributed by atoms with van der Waals surface area (Å²) in [7, 11) is 1.55. The largest absolute Gasteiger partial charge is 0.496 e. The summed E-state index contributed by atoms with van der Waals surface area (Å²) in [6.07, 6.45) is 1.37. The second kappa shape index (κ2) is 9.45. The van der Waals surface area contributed by atoms with Gasteiger partial charge < -0.3 is 15.2 Å². The van der Waals surface area contributed by atoms with E-state index in [0.29, 0.717) is 29.0 Å². The van der Waals surface area contributed by atoms with Gasteiger partial charge in [0.05, 0.1) is 23.3 Å². The molecule has 9 heteroatoms. The molecule has 1 heterocycles.